The van der Waals surface area contributed by atoms with Gasteiger partial charge in [0, 0.05) is 24.5 Å². The van der Waals surface area contributed by atoms with Gasteiger partial charge in [-0.25, -0.2) is 9.37 Å². The van der Waals surface area contributed by atoms with Crippen molar-refractivity contribution in [2.75, 3.05) is 31.3 Å². The Morgan fingerprint density at radius 3 is 2.55 bits per heavy atom. The third-order valence-electron chi connectivity index (χ3n) is 5.61. The Morgan fingerprint density at radius 2 is 1.91 bits per heavy atom. The van der Waals surface area contributed by atoms with Crippen LogP contribution in [0.2, 0.25) is 0 Å². The zero-order chi connectivity index (χ0) is 23.8. The van der Waals surface area contributed by atoms with Gasteiger partial charge in [-0.15, -0.1) is 0 Å². The Morgan fingerprint density at radius 1 is 1.15 bits per heavy atom. The van der Waals surface area contributed by atoms with E-state index in [4.69, 9.17) is 5.73 Å². The number of primary amides is 1. The standard InChI is InChI=1S/C26H32FN5O/c1-4-19(12-13-32(2)3)20-8-10-22(11-9-20)31-25-15-24(23(17-30-25)26(28)33)29-16-18-6-5-7-21(27)14-18/h5-11,14-15,17,19H,4,12-13,16H2,1-3H3,(H2,28,33)(H2,29,30,31). The fraction of sp³-hybridized carbons (Fsp3) is 0.308. The Kier molecular flexibility index (Phi) is 8.38. The van der Waals surface area contributed by atoms with Crippen LogP contribution >= 0.6 is 0 Å². The number of carbonyl (C=O) groups is 1. The molecule has 174 valence electrons. The Balaban J connectivity index is 1.72. The number of pyridine rings is 1. The lowest BCUT2D eigenvalue weighted by molar-refractivity contribution is 0.100. The Bertz CT molecular complexity index is 1070. The van der Waals surface area contributed by atoms with Gasteiger partial charge in [0.1, 0.15) is 11.6 Å². The van der Waals surface area contributed by atoms with E-state index in [9.17, 15) is 9.18 Å². The molecule has 0 aliphatic rings. The highest BCUT2D eigenvalue weighted by molar-refractivity contribution is 5.98. The van der Waals surface area contributed by atoms with Gasteiger partial charge in [0.25, 0.3) is 5.91 Å². The number of aromatic nitrogens is 1. The summed E-state index contributed by atoms with van der Waals surface area (Å²) in [6, 6.07) is 16.4. The van der Waals surface area contributed by atoms with E-state index in [-0.39, 0.29) is 11.4 Å². The molecule has 4 N–H and O–H groups in total. The average molecular weight is 450 g/mol. The molecule has 33 heavy (non-hydrogen) atoms. The third-order valence-corrected chi connectivity index (χ3v) is 5.61. The van der Waals surface area contributed by atoms with Crippen LogP contribution in [0.4, 0.5) is 21.6 Å². The van der Waals surface area contributed by atoms with Crippen LogP contribution in [0, 0.1) is 5.82 Å². The summed E-state index contributed by atoms with van der Waals surface area (Å²) < 4.78 is 13.5. The third kappa shape index (κ3) is 7.02. The first kappa shape index (κ1) is 24.2. The first-order chi connectivity index (χ1) is 15.9. The van der Waals surface area contributed by atoms with Crippen molar-refractivity contribution in [3.63, 3.8) is 0 Å². The molecule has 0 aliphatic heterocycles. The van der Waals surface area contributed by atoms with Crippen LogP contribution < -0.4 is 16.4 Å². The molecule has 6 nitrogen and oxygen atoms in total. The number of hydrogen-bond donors (Lipinski definition) is 3. The van der Waals surface area contributed by atoms with E-state index in [0.29, 0.717) is 24.0 Å². The molecule has 0 aliphatic carbocycles. The van der Waals surface area contributed by atoms with E-state index in [2.05, 4.69) is 53.7 Å². The van der Waals surface area contributed by atoms with Crippen molar-refractivity contribution in [3.8, 4) is 0 Å². The number of nitrogens with one attached hydrogen (secondary N) is 2. The van der Waals surface area contributed by atoms with Gasteiger partial charge >= 0.3 is 0 Å². The molecule has 0 saturated heterocycles. The molecule has 2 aromatic carbocycles. The number of hydrogen-bond acceptors (Lipinski definition) is 5. The first-order valence-electron chi connectivity index (χ1n) is 11.2. The van der Waals surface area contributed by atoms with Gasteiger partial charge < -0.3 is 21.3 Å². The largest absolute Gasteiger partial charge is 0.380 e. The fourth-order valence-electron chi connectivity index (χ4n) is 3.72. The topological polar surface area (TPSA) is 83.3 Å². The Hall–Kier alpha value is -3.45. The lowest BCUT2D eigenvalue weighted by Gasteiger charge is -2.18. The first-order valence-corrected chi connectivity index (χ1v) is 11.2. The maximum atomic E-state index is 13.5. The van der Waals surface area contributed by atoms with E-state index in [1.54, 1.807) is 12.1 Å². The molecule has 0 bridgehead atoms. The minimum absolute atomic E-state index is 0.277. The number of nitrogens with zero attached hydrogens (tertiary/aromatic N) is 2. The molecule has 0 saturated carbocycles. The molecule has 1 atom stereocenters. The summed E-state index contributed by atoms with van der Waals surface area (Å²) in [7, 11) is 4.19. The lowest BCUT2D eigenvalue weighted by atomic mass is 9.93. The van der Waals surface area contributed by atoms with Crippen LogP contribution in [-0.2, 0) is 6.54 Å². The van der Waals surface area contributed by atoms with Crippen molar-refractivity contribution in [1.29, 1.82) is 0 Å². The second-order valence-electron chi connectivity index (χ2n) is 8.41. The molecule has 0 spiro atoms. The van der Waals surface area contributed by atoms with Crippen LogP contribution in [-0.4, -0.2) is 36.4 Å². The number of anilines is 3. The van der Waals surface area contributed by atoms with E-state index >= 15 is 0 Å². The minimum Gasteiger partial charge on any atom is -0.380 e. The molecular formula is C26H32FN5O. The summed E-state index contributed by atoms with van der Waals surface area (Å²) in [6.07, 6.45) is 3.66. The Labute approximate surface area is 195 Å². The number of benzene rings is 2. The van der Waals surface area contributed by atoms with E-state index in [1.807, 2.05) is 18.2 Å². The number of amides is 1. The average Bonchev–Trinajstić information content (AvgIpc) is 2.79. The molecule has 1 amide bonds. The normalized spacial score (nSPS) is 11.9. The van der Waals surface area contributed by atoms with Crippen LogP contribution in [0.15, 0.2) is 60.8 Å². The van der Waals surface area contributed by atoms with Crippen molar-refractivity contribution < 1.29 is 9.18 Å². The molecule has 1 unspecified atom stereocenters. The summed E-state index contributed by atoms with van der Waals surface area (Å²) in [5.41, 5.74) is 9.30. The maximum absolute atomic E-state index is 13.5. The summed E-state index contributed by atoms with van der Waals surface area (Å²) in [6.45, 7) is 3.62. The van der Waals surface area contributed by atoms with Gasteiger partial charge in [-0.3, -0.25) is 4.79 Å². The van der Waals surface area contributed by atoms with Crippen molar-refractivity contribution >= 4 is 23.1 Å². The maximum Gasteiger partial charge on any atom is 0.252 e. The SMILES string of the molecule is CCC(CCN(C)C)c1ccc(Nc2cc(NCc3cccc(F)c3)c(C(N)=O)cn2)cc1. The smallest absolute Gasteiger partial charge is 0.252 e. The minimum atomic E-state index is -0.580. The highest BCUT2D eigenvalue weighted by atomic mass is 19.1. The molecular weight excluding hydrogens is 417 g/mol. The highest BCUT2D eigenvalue weighted by Crippen LogP contribution is 2.27. The number of carbonyl (C=O) groups excluding carboxylic acids is 1. The van der Waals surface area contributed by atoms with Gasteiger partial charge in [0.2, 0.25) is 0 Å². The van der Waals surface area contributed by atoms with Crippen molar-refractivity contribution in [2.24, 2.45) is 5.73 Å². The zero-order valence-corrected chi connectivity index (χ0v) is 19.4. The summed E-state index contributed by atoms with van der Waals surface area (Å²) in [4.78, 5) is 18.4. The van der Waals surface area contributed by atoms with Crippen molar-refractivity contribution in [2.45, 2.75) is 32.2 Å². The van der Waals surface area contributed by atoms with E-state index in [1.165, 1.54) is 23.9 Å². The molecule has 7 heteroatoms. The summed E-state index contributed by atoms with van der Waals surface area (Å²) in [5, 5.41) is 6.45. The number of nitrogens with two attached hydrogens (primary N) is 1. The second kappa shape index (κ2) is 11.4. The summed E-state index contributed by atoms with van der Waals surface area (Å²) >= 11 is 0. The quantitative estimate of drug-likeness (QED) is 0.378. The van der Waals surface area contributed by atoms with Crippen LogP contribution in [0.5, 0.6) is 0 Å². The van der Waals surface area contributed by atoms with Crippen molar-refractivity contribution in [3.05, 3.63) is 83.3 Å². The predicted octanol–water partition coefficient (Wildman–Crippen LogP) is 5.12. The van der Waals surface area contributed by atoms with Crippen LogP contribution in [0.25, 0.3) is 0 Å². The van der Waals surface area contributed by atoms with Gasteiger partial charge in [-0.2, -0.15) is 0 Å². The van der Waals surface area contributed by atoms with E-state index < -0.39 is 5.91 Å². The summed E-state index contributed by atoms with van der Waals surface area (Å²) in [5.74, 6) is 0.211. The molecule has 1 heterocycles. The molecule has 3 rings (SSSR count). The van der Waals surface area contributed by atoms with Gasteiger partial charge in [0.05, 0.1) is 11.3 Å². The monoisotopic (exact) mass is 449 g/mol. The van der Waals surface area contributed by atoms with Gasteiger partial charge in [-0.05, 0) is 74.8 Å². The second-order valence-corrected chi connectivity index (χ2v) is 8.41. The van der Waals surface area contributed by atoms with E-state index in [0.717, 1.165) is 30.6 Å². The molecule has 0 radical (unpaired) electrons. The molecule has 1 aromatic heterocycles. The predicted molar refractivity (Wildman–Crippen MR) is 132 cm³/mol. The van der Waals surface area contributed by atoms with Crippen LogP contribution in [0.1, 0.15) is 47.2 Å². The highest BCUT2D eigenvalue weighted by Gasteiger charge is 2.12. The molecule has 0 fully saturated rings. The molecule has 3 aromatic rings. The zero-order valence-electron chi connectivity index (χ0n) is 19.4. The number of halogens is 1. The van der Waals surface area contributed by atoms with Gasteiger partial charge in [0.15, 0.2) is 0 Å². The fourth-order valence-corrected chi connectivity index (χ4v) is 3.72. The van der Waals surface area contributed by atoms with Gasteiger partial charge in [-0.1, -0.05) is 31.2 Å². The van der Waals surface area contributed by atoms with Crippen molar-refractivity contribution in [1.82, 2.24) is 9.88 Å². The number of rotatable bonds is 11. The van der Waals surface area contributed by atoms with Crippen LogP contribution in [0.3, 0.4) is 0 Å². The lowest BCUT2D eigenvalue weighted by Crippen LogP contribution is -2.16.